The minimum Gasteiger partial charge on any atom is -0.457 e. The average molecular weight is 342 g/mol. The summed E-state index contributed by atoms with van der Waals surface area (Å²) in [6, 6.07) is 7.60. The third-order valence-electron chi connectivity index (χ3n) is 5.36. The summed E-state index contributed by atoms with van der Waals surface area (Å²) in [6.45, 7) is 6.53. The van der Waals surface area contributed by atoms with Crippen LogP contribution in [0.5, 0.6) is 0 Å². The molecule has 25 heavy (non-hydrogen) atoms. The van der Waals surface area contributed by atoms with Gasteiger partial charge < -0.3 is 14.9 Å². The Hall–Kier alpha value is -2.30. The molecule has 1 saturated carbocycles. The normalized spacial score (nSPS) is 24.6. The molecule has 3 atom stereocenters. The van der Waals surface area contributed by atoms with Crippen molar-refractivity contribution >= 4 is 22.6 Å². The minimum atomic E-state index is -0.558. The first-order valence-electron chi connectivity index (χ1n) is 9.00. The van der Waals surface area contributed by atoms with Crippen molar-refractivity contribution in [2.75, 3.05) is 0 Å². The average Bonchev–Trinajstić information content (AvgIpc) is 2.99. The van der Waals surface area contributed by atoms with Crippen LogP contribution in [0.25, 0.3) is 10.9 Å². The number of H-pyrrole nitrogens is 1. The first-order chi connectivity index (χ1) is 12.0. The smallest absolute Gasteiger partial charge is 0.361 e. The van der Waals surface area contributed by atoms with E-state index in [0.29, 0.717) is 23.3 Å². The molecule has 1 aromatic heterocycles. The molecule has 3 rings (SSSR count). The summed E-state index contributed by atoms with van der Waals surface area (Å²) in [5, 5.41) is 13.6. The number of oxime groups is 1. The number of ether oxygens (including phenoxy) is 1. The predicted molar refractivity (Wildman–Crippen MR) is 97.8 cm³/mol. The van der Waals surface area contributed by atoms with Crippen molar-refractivity contribution < 1.29 is 14.7 Å². The van der Waals surface area contributed by atoms with Gasteiger partial charge in [-0.25, -0.2) is 4.79 Å². The number of fused-ring (bicyclic) bond motifs is 1. The van der Waals surface area contributed by atoms with E-state index in [1.807, 2.05) is 24.3 Å². The van der Waals surface area contributed by atoms with Gasteiger partial charge in [0.05, 0.1) is 0 Å². The number of nitrogens with zero attached hydrogens (tertiary/aromatic N) is 1. The Kier molecular flexibility index (Phi) is 5.11. The van der Waals surface area contributed by atoms with Crippen LogP contribution in [0.1, 0.15) is 45.6 Å². The summed E-state index contributed by atoms with van der Waals surface area (Å²) in [6.07, 6.45) is 4.65. The van der Waals surface area contributed by atoms with E-state index in [-0.39, 0.29) is 11.8 Å². The fourth-order valence-corrected chi connectivity index (χ4v) is 3.92. The second kappa shape index (κ2) is 7.30. The number of nitrogens with one attached hydrogen (secondary N) is 1. The van der Waals surface area contributed by atoms with Gasteiger partial charge in [-0.05, 0) is 36.7 Å². The third kappa shape index (κ3) is 3.55. The van der Waals surface area contributed by atoms with Crippen LogP contribution in [-0.2, 0) is 9.53 Å². The summed E-state index contributed by atoms with van der Waals surface area (Å²) in [5.74, 6) is 0.781. The van der Waals surface area contributed by atoms with E-state index in [1.54, 1.807) is 6.20 Å². The van der Waals surface area contributed by atoms with Crippen molar-refractivity contribution in [3.63, 3.8) is 0 Å². The summed E-state index contributed by atoms with van der Waals surface area (Å²) < 4.78 is 5.82. The standard InChI is InChI=1S/C20H26N2O3/c1-12(2)14-9-8-13(3)10-18(14)25-20(23)19(22-24)16-11-21-17-7-5-4-6-15(16)17/h4-7,11-14,18,21,24H,8-10H2,1-3H3/b22-19-. The highest BCUT2D eigenvalue weighted by Crippen LogP contribution is 2.35. The lowest BCUT2D eigenvalue weighted by atomic mass is 9.75. The summed E-state index contributed by atoms with van der Waals surface area (Å²) in [4.78, 5) is 15.8. The second-order valence-electron chi connectivity index (χ2n) is 7.47. The SMILES string of the molecule is CC1CCC(C(C)C)C(OC(=O)/C(=N\O)c2c[nH]c3ccccc23)C1. The Morgan fingerprint density at radius 3 is 2.80 bits per heavy atom. The maximum absolute atomic E-state index is 12.7. The number of carbonyl (C=O) groups is 1. The van der Waals surface area contributed by atoms with Crippen LogP contribution in [0.15, 0.2) is 35.6 Å². The number of benzene rings is 1. The lowest BCUT2D eigenvalue weighted by molar-refractivity contribution is -0.147. The summed E-state index contributed by atoms with van der Waals surface area (Å²) in [5.41, 5.74) is 1.41. The fourth-order valence-electron chi connectivity index (χ4n) is 3.92. The molecule has 1 fully saturated rings. The molecule has 1 heterocycles. The number of rotatable bonds is 4. The highest BCUT2D eigenvalue weighted by atomic mass is 16.5. The molecule has 3 unspecified atom stereocenters. The van der Waals surface area contributed by atoms with E-state index in [0.717, 1.165) is 23.7 Å². The van der Waals surface area contributed by atoms with Crippen LogP contribution in [0.3, 0.4) is 0 Å². The molecular formula is C20H26N2O3. The number of esters is 1. The van der Waals surface area contributed by atoms with E-state index in [4.69, 9.17) is 4.74 Å². The van der Waals surface area contributed by atoms with Crippen LogP contribution in [-0.4, -0.2) is 28.0 Å². The summed E-state index contributed by atoms with van der Waals surface area (Å²) in [7, 11) is 0. The van der Waals surface area contributed by atoms with E-state index >= 15 is 0 Å². The van der Waals surface area contributed by atoms with Gasteiger partial charge in [0.25, 0.3) is 0 Å². The molecular weight excluding hydrogens is 316 g/mol. The van der Waals surface area contributed by atoms with Crippen molar-refractivity contribution in [3.8, 4) is 0 Å². The number of aromatic nitrogens is 1. The Morgan fingerprint density at radius 1 is 1.32 bits per heavy atom. The molecule has 5 nitrogen and oxygen atoms in total. The monoisotopic (exact) mass is 342 g/mol. The first-order valence-corrected chi connectivity index (χ1v) is 9.00. The molecule has 2 N–H and O–H groups in total. The van der Waals surface area contributed by atoms with Gasteiger partial charge in [0.1, 0.15) is 6.10 Å². The Bertz CT molecular complexity index is 778. The zero-order valence-corrected chi connectivity index (χ0v) is 15.0. The molecule has 134 valence electrons. The van der Waals surface area contributed by atoms with E-state index in [2.05, 4.69) is 30.9 Å². The number of aromatic amines is 1. The summed E-state index contributed by atoms with van der Waals surface area (Å²) >= 11 is 0. The number of para-hydroxylation sites is 1. The zero-order chi connectivity index (χ0) is 18.0. The quantitative estimate of drug-likeness (QED) is 0.375. The lowest BCUT2D eigenvalue weighted by Gasteiger charge is -2.36. The van der Waals surface area contributed by atoms with Gasteiger partial charge in [0.15, 0.2) is 5.71 Å². The van der Waals surface area contributed by atoms with Crippen molar-refractivity contribution in [2.45, 2.75) is 46.1 Å². The Morgan fingerprint density at radius 2 is 2.08 bits per heavy atom. The molecule has 1 aliphatic carbocycles. The topological polar surface area (TPSA) is 74.7 Å². The van der Waals surface area contributed by atoms with Crippen molar-refractivity contribution in [1.29, 1.82) is 0 Å². The predicted octanol–water partition coefficient (Wildman–Crippen LogP) is 4.35. The highest BCUT2D eigenvalue weighted by molar-refractivity contribution is 6.45. The van der Waals surface area contributed by atoms with E-state index in [9.17, 15) is 10.0 Å². The molecule has 0 aliphatic heterocycles. The van der Waals surface area contributed by atoms with Crippen molar-refractivity contribution in [3.05, 3.63) is 36.0 Å². The van der Waals surface area contributed by atoms with Gasteiger partial charge in [-0.15, -0.1) is 0 Å². The van der Waals surface area contributed by atoms with Crippen molar-refractivity contribution in [2.24, 2.45) is 22.9 Å². The van der Waals surface area contributed by atoms with Crippen LogP contribution in [0.4, 0.5) is 0 Å². The lowest BCUT2D eigenvalue weighted by Crippen LogP contribution is -2.37. The van der Waals surface area contributed by atoms with E-state index < -0.39 is 5.97 Å². The molecule has 5 heteroatoms. The van der Waals surface area contributed by atoms with Crippen LogP contribution >= 0.6 is 0 Å². The Labute approximate surface area is 148 Å². The molecule has 1 aliphatic rings. The van der Waals surface area contributed by atoms with E-state index in [1.165, 1.54) is 6.42 Å². The molecule has 0 radical (unpaired) electrons. The molecule has 0 saturated heterocycles. The zero-order valence-electron chi connectivity index (χ0n) is 15.0. The Balaban J connectivity index is 1.83. The molecule has 2 aromatic rings. The van der Waals surface area contributed by atoms with Gasteiger partial charge in [-0.3, -0.25) is 0 Å². The fraction of sp³-hybridized carbons (Fsp3) is 0.500. The van der Waals surface area contributed by atoms with Gasteiger partial charge in [-0.1, -0.05) is 50.5 Å². The molecule has 1 aromatic carbocycles. The van der Waals surface area contributed by atoms with Crippen LogP contribution in [0, 0.1) is 17.8 Å². The largest absolute Gasteiger partial charge is 0.457 e. The first kappa shape index (κ1) is 17.5. The second-order valence-corrected chi connectivity index (χ2v) is 7.47. The molecule has 0 bridgehead atoms. The third-order valence-corrected chi connectivity index (χ3v) is 5.36. The molecule has 0 amide bonds. The van der Waals surface area contributed by atoms with Crippen molar-refractivity contribution in [1.82, 2.24) is 4.98 Å². The molecule has 0 spiro atoms. The number of hydrogen-bond acceptors (Lipinski definition) is 4. The maximum atomic E-state index is 12.7. The maximum Gasteiger partial charge on any atom is 0.361 e. The number of hydrogen-bond donors (Lipinski definition) is 2. The number of carbonyl (C=O) groups excluding carboxylic acids is 1. The van der Waals surface area contributed by atoms with Gasteiger partial charge >= 0.3 is 5.97 Å². The highest BCUT2D eigenvalue weighted by Gasteiger charge is 2.34. The van der Waals surface area contributed by atoms with Gasteiger partial charge in [0, 0.05) is 22.7 Å². The van der Waals surface area contributed by atoms with Crippen LogP contribution in [0.2, 0.25) is 0 Å². The van der Waals surface area contributed by atoms with Gasteiger partial charge in [0.2, 0.25) is 0 Å². The van der Waals surface area contributed by atoms with Gasteiger partial charge in [-0.2, -0.15) is 0 Å². The van der Waals surface area contributed by atoms with Crippen LogP contribution < -0.4 is 0 Å². The minimum absolute atomic E-state index is 0.0433.